The van der Waals surface area contributed by atoms with Crippen LogP contribution in [-0.4, -0.2) is 48.4 Å². The lowest BCUT2D eigenvalue weighted by atomic mass is 10.6. The summed E-state index contributed by atoms with van der Waals surface area (Å²) in [7, 11) is -3.99. The number of sulfonamides is 1. The van der Waals surface area contributed by atoms with Gasteiger partial charge in [0.05, 0.1) is 6.61 Å². The number of halogens is 4. The van der Waals surface area contributed by atoms with Crippen LogP contribution < -0.4 is 0 Å². The Bertz CT molecular complexity index is 266. The van der Waals surface area contributed by atoms with Crippen LogP contribution in [0.3, 0.4) is 0 Å². The van der Waals surface area contributed by atoms with Gasteiger partial charge in [-0.25, -0.2) is 8.42 Å². The van der Waals surface area contributed by atoms with E-state index in [2.05, 4.69) is 15.9 Å². The summed E-state index contributed by atoms with van der Waals surface area (Å²) >= 11 is 2.57. The number of alkyl halides is 4. The lowest BCUT2D eigenvalue weighted by Gasteiger charge is -2.21. The van der Waals surface area contributed by atoms with Crippen molar-refractivity contribution in [1.29, 1.82) is 0 Å². The molecular formula is C5H9BrF3NO3S. The minimum atomic E-state index is -4.61. The van der Waals surface area contributed by atoms with Gasteiger partial charge >= 0.3 is 6.18 Å². The average Bonchev–Trinajstić information content (AvgIpc) is 2.01. The van der Waals surface area contributed by atoms with E-state index in [-0.39, 0.29) is 4.31 Å². The Morgan fingerprint density at radius 3 is 2.14 bits per heavy atom. The van der Waals surface area contributed by atoms with Crippen molar-refractivity contribution in [3.05, 3.63) is 0 Å². The Labute approximate surface area is 87.9 Å². The first kappa shape index (κ1) is 14.1. The smallest absolute Gasteiger partial charge is 0.395 e. The number of hydrogen-bond donors (Lipinski definition) is 1. The molecule has 0 heterocycles. The second kappa shape index (κ2) is 5.29. The van der Waals surface area contributed by atoms with Gasteiger partial charge in [0, 0.05) is 6.54 Å². The molecule has 14 heavy (non-hydrogen) atoms. The second-order valence-corrected chi connectivity index (χ2v) is 5.67. The molecule has 0 atom stereocenters. The molecule has 9 heteroatoms. The lowest BCUT2D eigenvalue weighted by Crippen LogP contribution is -2.40. The number of rotatable bonds is 5. The van der Waals surface area contributed by atoms with E-state index >= 15 is 0 Å². The zero-order valence-electron chi connectivity index (χ0n) is 6.96. The molecule has 86 valence electrons. The van der Waals surface area contributed by atoms with E-state index in [1.54, 1.807) is 0 Å². The van der Waals surface area contributed by atoms with Crippen molar-refractivity contribution in [1.82, 2.24) is 4.31 Å². The van der Waals surface area contributed by atoms with Gasteiger partial charge in [0.25, 0.3) is 0 Å². The van der Waals surface area contributed by atoms with Gasteiger partial charge in [-0.05, 0) is 0 Å². The molecule has 0 bridgehead atoms. The minimum Gasteiger partial charge on any atom is -0.395 e. The number of nitrogens with zero attached hydrogens (tertiary/aromatic N) is 1. The molecule has 0 aliphatic carbocycles. The topological polar surface area (TPSA) is 57.6 Å². The number of hydrogen-bond acceptors (Lipinski definition) is 3. The molecular weight excluding hydrogens is 291 g/mol. The van der Waals surface area contributed by atoms with Crippen molar-refractivity contribution in [2.75, 3.05) is 24.4 Å². The van der Waals surface area contributed by atoms with Crippen LogP contribution in [0, 0.1) is 0 Å². The van der Waals surface area contributed by atoms with Crippen molar-refractivity contribution in [2.45, 2.75) is 6.18 Å². The lowest BCUT2D eigenvalue weighted by molar-refractivity contribution is -0.136. The monoisotopic (exact) mass is 299 g/mol. The Hall–Kier alpha value is 0.140. The van der Waals surface area contributed by atoms with E-state index in [1.807, 2.05) is 0 Å². The zero-order valence-corrected chi connectivity index (χ0v) is 9.36. The molecule has 0 aromatic carbocycles. The highest BCUT2D eigenvalue weighted by Crippen LogP contribution is 2.19. The first-order valence-electron chi connectivity index (χ1n) is 3.44. The van der Waals surface area contributed by atoms with E-state index in [1.165, 1.54) is 0 Å². The van der Waals surface area contributed by atoms with Crippen molar-refractivity contribution < 1.29 is 26.7 Å². The highest BCUT2D eigenvalue weighted by atomic mass is 79.9. The zero-order chi connectivity index (χ0) is 11.4. The Kier molecular flexibility index (Phi) is 5.34. The third-order valence-corrected chi connectivity index (χ3v) is 4.35. The largest absolute Gasteiger partial charge is 0.402 e. The van der Waals surface area contributed by atoms with Gasteiger partial charge in [-0.1, -0.05) is 15.9 Å². The van der Waals surface area contributed by atoms with E-state index < -0.39 is 40.6 Å². The van der Waals surface area contributed by atoms with Crippen LogP contribution in [0.4, 0.5) is 13.2 Å². The maximum absolute atomic E-state index is 11.9. The predicted molar refractivity (Wildman–Crippen MR) is 47.4 cm³/mol. The highest BCUT2D eigenvalue weighted by Gasteiger charge is 2.35. The minimum absolute atomic E-state index is 0.182. The van der Waals surface area contributed by atoms with E-state index in [9.17, 15) is 21.6 Å². The summed E-state index contributed by atoms with van der Waals surface area (Å²) in [5.41, 5.74) is 0. The standard InChI is InChI=1S/C5H9BrF3NO3S/c6-4-14(12,13)10(1-2-11)3-5(7,8)9/h11H,1-4H2. The molecule has 0 radical (unpaired) electrons. The molecule has 0 aromatic rings. The molecule has 0 rings (SSSR count). The van der Waals surface area contributed by atoms with Crippen LogP contribution in [0.25, 0.3) is 0 Å². The molecule has 0 fully saturated rings. The van der Waals surface area contributed by atoms with Crippen LogP contribution in [0.1, 0.15) is 0 Å². The van der Waals surface area contributed by atoms with Crippen molar-refractivity contribution in [3.8, 4) is 0 Å². The first-order chi connectivity index (χ1) is 6.23. The SMILES string of the molecule is O=S(=O)(CBr)N(CCO)CC(F)(F)F. The Morgan fingerprint density at radius 1 is 1.36 bits per heavy atom. The number of aliphatic hydroxyl groups is 1. The molecule has 0 spiro atoms. The van der Waals surface area contributed by atoms with E-state index in [4.69, 9.17) is 5.11 Å². The van der Waals surface area contributed by atoms with Crippen LogP contribution in [0.15, 0.2) is 0 Å². The van der Waals surface area contributed by atoms with Crippen molar-refractivity contribution in [3.63, 3.8) is 0 Å². The average molecular weight is 300 g/mol. The Morgan fingerprint density at radius 2 is 1.86 bits per heavy atom. The fraction of sp³-hybridized carbons (Fsp3) is 1.00. The van der Waals surface area contributed by atoms with Gasteiger partial charge in [0.1, 0.15) is 11.2 Å². The maximum atomic E-state index is 11.9. The molecule has 4 nitrogen and oxygen atoms in total. The van der Waals surface area contributed by atoms with Crippen LogP contribution in [0.2, 0.25) is 0 Å². The maximum Gasteiger partial charge on any atom is 0.402 e. The fourth-order valence-corrected chi connectivity index (χ4v) is 2.41. The molecule has 0 aliphatic heterocycles. The van der Waals surface area contributed by atoms with Gasteiger partial charge in [-0.15, -0.1) is 0 Å². The highest BCUT2D eigenvalue weighted by molar-refractivity contribution is 9.10. The molecule has 0 aliphatic rings. The van der Waals surface area contributed by atoms with E-state index in [0.29, 0.717) is 0 Å². The van der Waals surface area contributed by atoms with Crippen LogP contribution in [0.5, 0.6) is 0 Å². The summed E-state index contributed by atoms with van der Waals surface area (Å²) in [5, 5.41) is 8.40. The first-order valence-corrected chi connectivity index (χ1v) is 6.17. The van der Waals surface area contributed by atoms with Gasteiger partial charge in [-0.3, -0.25) is 0 Å². The molecule has 0 unspecified atom stereocenters. The summed E-state index contributed by atoms with van der Waals surface area (Å²) < 4.78 is 57.3. The number of aliphatic hydroxyl groups excluding tert-OH is 1. The van der Waals surface area contributed by atoms with Crippen LogP contribution in [-0.2, 0) is 10.0 Å². The van der Waals surface area contributed by atoms with Gasteiger partial charge in [-0.2, -0.15) is 17.5 Å². The van der Waals surface area contributed by atoms with Crippen molar-refractivity contribution in [2.24, 2.45) is 0 Å². The third-order valence-electron chi connectivity index (χ3n) is 1.24. The normalized spacial score (nSPS) is 13.6. The van der Waals surface area contributed by atoms with Gasteiger partial charge in [0.15, 0.2) is 0 Å². The molecule has 0 amide bonds. The molecule has 0 saturated heterocycles. The van der Waals surface area contributed by atoms with Gasteiger partial charge < -0.3 is 5.11 Å². The summed E-state index contributed by atoms with van der Waals surface area (Å²) in [6, 6.07) is 0. The fourth-order valence-electron chi connectivity index (χ4n) is 0.697. The Balaban J connectivity index is 4.62. The molecule has 1 N–H and O–H groups in total. The summed E-state index contributed by atoms with van der Waals surface area (Å²) in [4.78, 5) is 0. The van der Waals surface area contributed by atoms with Crippen molar-refractivity contribution >= 4 is 26.0 Å². The summed E-state index contributed by atoms with van der Waals surface area (Å²) in [6.07, 6.45) is -4.61. The molecule has 0 saturated carbocycles. The third kappa shape index (κ3) is 5.13. The predicted octanol–water partition coefficient (Wildman–Crippen LogP) is 0.525. The quantitative estimate of drug-likeness (QED) is 0.753. The summed E-state index contributed by atoms with van der Waals surface area (Å²) in [5.74, 6) is 0. The second-order valence-electron chi connectivity index (χ2n) is 2.39. The van der Waals surface area contributed by atoms with Crippen LogP contribution >= 0.6 is 15.9 Å². The summed E-state index contributed by atoms with van der Waals surface area (Å²) in [6.45, 7) is -2.79. The van der Waals surface area contributed by atoms with E-state index in [0.717, 1.165) is 0 Å². The molecule has 0 aromatic heterocycles. The van der Waals surface area contributed by atoms with Gasteiger partial charge in [0.2, 0.25) is 10.0 Å².